The molecule has 148 valence electrons. The molecule has 1 aliphatic carbocycles. The van der Waals surface area contributed by atoms with Crippen molar-refractivity contribution in [3.63, 3.8) is 0 Å². The Morgan fingerprint density at radius 1 is 1.18 bits per heavy atom. The van der Waals surface area contributed by atoms with Crippen LogP contribution < -0.4 is 5.32 Å². The number of nitrogens with zero attached hydrogens (tertiary/aromatic N) is 3. The smallest absolute Gasteiger partial charge is 0.378 e. The van der Waals surface area contributed by atoms with Crippen LogP contribution in [-0.2, 0) is 25.6 Å². The van der Waals surface area contributed by atoms with E-state index in [1.54, 1.807) is 24.4 Å². The lowest BCUT2D eigenvalue weighted by atomic mass is 9.95. The van der Waals surface area contributed by atoms with Crippen molar-refractivity contribution in [2.45, 2.75) is 38.4 Å². The second kappa shape index (κ2) is 7.57. The van der Waals surface area contributed by atoms with Gasteiger partial charge in [-0.15, -0.1) is 11.3 Å². The Morgan fingerprint density at radius 2 is 1.96 bits per heavy atom. The first kappa shape index (κ1) is 19.5. The predicted molar refractivity (Wildman–Crippen MR) is 105 cm³/mol. The molecule has 0 aliphatic heterocycles. The van der Waals surface area contributed by atoms with Gasteiger partial charge in [0, 0.05) is 22.3 Å². The zero-order chi connectivity index (χ0) is 19.9. The van der Waals surface area contributed by atoms with E-state index < -0.39 is 11.9 Å². The van der Waals surface area contributed by atoms with Gasteiger partial charge < -0.3 is 5.32 Å². The molecule has 0 fully saturated rings. The molecule has 0 atom stereocenters. The fraction of sp³-hybridized carbons (Fsp3) is 0.333. The highest BCUT2D eigenvalue weighted by Gasteiger charge is 2.40. The Bertz CT molecular complexity index is 1010. The summed E-state index contributed by atoms with van der Waals surface area (Å²) in [6.07, 6.45) is -0.392. The molecule has 0 unspecified atom stereocenters. The minimum Gasteiger partial charge on any atom is -0.378 e. The van der Waals surface area contributed by atoms with E-state index in [0.717, 1.165) is 17.7 Å². The van der Waals surface area contributed by atoms with Crippen molar-refractivity contribution in [1.82, 2.24) is 14.8 Å². The summed E-state index contributed by atoms with van der Waals surface area (Å²) in [6.45, 7) is 0.424. The molecule has 0 bridgehead atoms. The summed E-state index contributed by atoms with van der Waals surface area (Å²) < 4.78 is 42.4. The summed E-state index contributed by atoms with van der Waals surface area (Å²) in [6, 6.07) is 5.16. The van der Waals surface area contributed by atoms with Crippen molar-refractivity contribution in [2.24, 2.45) is 0 Å². The third-order valence-electron chi connectivity index (χ3n) is 4.63. The van der Waals surface area contributed by atoms with Crippen LogP contribution in [0.15, 0.2) is 24.4 Å². The van der Waals surface area contributed by atoms with Crippen molar-refractivity contribution in [2.75, 3.05) is 5.32 Å². The molecule has 1 aromatic carbocycles. The van der Waals surface area contributed by atoms with E-state index in [1.807, 2.05) is 0 Å². The van der Waals surface area contributed by atoms with Crippen molar-refractivity contribution in [3.05, 3.63) is 55.7 Å². The maximum Gasteiger partial charge on any atom is 0.435 e. The van der Waals surface area contributed by atoms with Crippen LogP contribution in [0.2, 0.25) is 9.49 Å². The normalized spacial score (nSPS) is 14.2. The van der Waals surface area contributed by atoms with E-state index in [2.05, 4.69) is 15.4 Å². The van der Waals surface area contributed by atoms with Gasteiger partial charge in [-0.05, 0) is 37.8 Å². The lowest BCUT2D eigenvalue weighted by molar-refractivity contribution is -0.142. The van der Waals surface area contributed by atoms with E-state index in [9.17, 15) is 13.2 Å². The number of nitrogens with one attached hydrogen (secondary N) is 1. The number of para-hydroxylation sites is 1. The summed E-state index contributed by atoms with van der Waals surface area (Å²) >= 11 is 13.6. The van der Waals surface area contributed by atoms with Crippen LogP contribution in [0, 0.1) is 0 Å². The van der Waals surface area contributed by atoms with Crippen LogP contribution in [0.1, 0.15) is 34.7 Å². The highest BCUT2D eigenvalue weighted by atomic mass is 35.5. The first-order valence-corrected chi connectivity index (χ1v) is 10.2. The highest BCUT2D eigenvalue weighted by Crippen LogP contribution is 2.39. The molecule has 0 spiro atoms. The second-order valence-electron chi connectivity index (χ2n) is 6.46. The van der Waals surface area contributed by atoms with Gasteiger partial charge in [0.05, 0.1) is 17.3 Å². The first-order chi connectivity index (χ1) is 13.3. The molecule has 0 amide bonds. The van der Waals surface area contributed by atoms with Crippen LogP contribution in [0.25, 0.3) is 5.69 Å². The number of hydrogen-bond acceptors (Lipinski definition) is 4. The van der Waals surface area contributed by atoms with Crippen molar-refractivity contribution in [3.8, 4) is 5.69 Å². The number of rotatable bonds is 4. The monoisotopic (exact) mass is 446 g/mol. The Kier molecular flexibility index (Phi) is 5.28. The SMILES string of the molecule is FC(F)(F)c1nn(-c2c(Cl)cccc2NCc2cnc(Cl)s2)c2c1CCCC2. The number of halogens is 5. The zero-order valence-corrected chi connectivity index (χ0v) is 16.8. The van der Waals surface area contributed by atoms with Gasteiger partial charge in [-0.1, -0.05) is 29.3 Å². The lowest BCUT2D eigenvalue weighted by Crippen LogP contribution is -2.11. The first-order valence-electron chi connectivity index (χ1n) is 8.65. The van der Waals surface area contributed by atoms with E-state index in [0.29, 0.717) is 45.9 Å². The average Bonchev–Trinajstić information content (AvgIpc) is 3.23. The standard InChI is InChI=1S/C18H15Cl2F3N4S/c19-12-5-3-6-13(24-8-10-9-25-17(20)28-10)15(12)27-14-7-2-1-4-11(14)16(26-27)18(21,22)23/h3,5-6,9,24H,1-2,4,7-8H2. The van der Waals surface area contributed by atoms with Crippen LogP contribution in [-0.4, -0.2) is 14.8 Å². The molecule has 0 saturated heterocycles. The topological polar surface area (TPSA) is 42.7 Å². The van der Waals surface area contributed by atoms with Crippen LogP contribution >= 0.6 is 34.5 Å². The summed E-state index contributed by atoms with van der Waals surface area (Å²) in [5, 5.41) is 7.50. The van der Waals surface area contributed by atoms with E-state index in [4.69, 9.17) is 23.2 Å². The van der Waals surface area contributed by atoms with Gasteiger partial charge in [0.1, 0.15) is 5.69 Å². The number of hydrogen-bond donors (Lipinski definition) is 1. The van der Waals surface area contributed by atoms with E-state index in [1.165, 1.54) is 16.0 Å². The zero-order valence-electron chi connectivity index (χ0n) is 14.5. The molecule has 1 N–H and O–H groups in total. The minimum absolute atomic E-state index is 0.277. The number of benzene rings is 1. The number of fused-ring (bicyclic) bond motifs is 1. The minimum atomic E-state index is -4.50. The lowest BCUT2D eigenvalue weighted by Gasteiger charge is -2.18. The summed E-state index contributed by atoms with van der Waals surface area (Å²) in [5.74, 6) is 0. The maximum absolute atomic E-state index is 13.5. The number of alkyl halides is 3. The van der Waals surface area contributed by atoms with Crippen molar-refractivity contribution >= 4 is 40.2 Å². The van der Waals surface area contributed by atoms with Crippen LogP contribution in [0.3, 0.4) is 0 Å². The van der Waals surface area contributed by atoms with Crippen LogP contribution in [0.4, 0.5) is 18.9 Å². The van der Waals surface area contributed by atoms with Crippen molar-refractivity contribution < 1.29 is 13.2 Å². The number of anilines is 1. The molecule has 0 saturated carbocycles. The number of aromatic nitrogens is 3. The van der Waals surface area contributed by atoms with Gasteiger partial charge in [-0.25, -0.2) is 9.67 Å². The van der Waals surface area contributed by atoms with Gasteiger partial charge in [0.25, 0.3) is 0 Å². The Balaban J connectivity index is 1.78. The molecule has 10 heteroatoms. The second-order valence-corrected chi connectivity index (χ2v) is 8.56. The molecule has 28 heavy (non-hydrogen) atoms. The molecular weight excluding hydrogens is 432 g/mol. The molecule has 4 rings (SSSR count). The van der Waals surface area contributed by atoms with Crippen molar-refractivity contribution in [1.29, 1.82) is 0 Å². The quantitative estimate of drug-likeness (QED) is 0.522. The average molecular weight is 447 g/mol. The van der Waals surface area contributed by atoms with E-state index in [-0.39, 0.29) is 5.56 Å². The third-order valence-corrected chi connectivity index (χ3v) is 6.05. The molecule has 0 radical (unpaired) electrons. The largest absolute Gasteiger partial charge is 0.435 e. The van der Waals surface area contributed by atoms with Gasteiger partial charge in [0.2, 0.25) is 0 Å². The summed E-state index contributed by atoms with van der Waals surface area (Å²) in [4.78, 5) is 4.89. The molecule has 4 nitrogen and oxygen atoms in total. The molecule has 2 aromatic heterocycles. The fourth-order valence-corrected chi connectivity index (χ4v) is 4.60. The Hall–Kier alpha value is -1.77. The predicted octanol–water partition coefficient (Wildman–Crippen LogP) is 6.15. The Morgan fingerprint density at radius 3 is 2.68 bits per heavy atom. The molecule has 3 aromatic rings. The summed E-state index contributed by atoms with van der Waals surface area (Å²) in [5.41, 5.74) is 1.06. The maximum atomic E-state index is 13.5. The van der Waals surface area contributed by atoms with Crippen LogP contribution in [0.5, 0.6) is 0 Å². The van der Waals surface area contributed by atoms with Gasteiger partial charge >= 0.3 is 6.18 Å². The van der Waals surface area contributed by atoms with Gasteiger partial charge in [-0.3, -0.25) is 0 Å². The third kappa shape index (κ3) is 3.73. The molecule has 1 aliphatic rings. The molecule has 2 heterocycles. The Labute approximate surface area is 173 Å². The van der Waals surface area contributed by atoms with Gasteiger partial charge in [-0.2, -0.15) is 18.3 Å². The number of thiazole rings is 1. The molecular formula is C18H15Cl2F3N4S. The fourth-order valence-electron chi connectivity index (χ4n) is 3.43. The summed E-state index contributed by atoms with van der Waals surface area (Å²) in [7, 11) is 0. The van der Waals surface area contributed by atoms with Gasteiger partial charge in [0.15, 0.2) is 10.2 Å². The van der Waals surface area contributed by atoms with E-state index >= 15 is 0 Å². The highest BCUT2D eigenvalue weighted by molar-refractivity contribution is 7.15.